The van der Waals surface area contributed by atoms with Crippen molar-refractivity contribution in [3.05, 3.63) is 90.0 Å². The first kappa shape index (κ1) is 23.4. The van der Waals surface area contributed by atoms with Gasteiger partial charge in [-0.15, -0.1) is 0 Å². The van der Waals surface area contributed by atoms with Crippen LogP contribution in [-0.2, 0) is 5.41 Å². The van der Waals surface area contributed by atoms with E-state index >= 15 is 0 Å². The van der Waals surface area contributed by atoms with Gasteiger partial charge in [0.1, 0.15) is 0 Å². The normalized spacial score (nSPS) is 14.0. The zero-order chi connectivity index (χ0) is 24.1. The van der Waals surface area contributed by atoms with Crippen molar-refractivity contribution in [2.75, 3.05) is 41.7 Å². The van der Waals surface area contributed by atoms with E-state index in [4.69, 9.17) is 0 Å². The van der Waals surface area contributed by atoms with Crippen molar-refractivity contribution < 1.29 is 9.59 Å². The summed E-state index contributed by atoms with van der Waals surface area (Å²) >= 11 is 0. The molecular weight excluding hydrogens is 424 g/mol. The fraction of sp³-hybridized carbons (Fsp3) is 0.286. The number of amides is 3. The van der Waals surface area contributed by atoms with Crippen molar-refractivity contribution in [3.8, 4) is 0 Å². The number of anilines is 3. The molecule has 176 valence electrons. The van der Waals surface area contributed by atoms with Crippen LogP contribution in [0.2, 0.25) is 0 Å². The van der Waals surface area contributed by atoms with Gasteiger partial charge in [0.15, 0.2) is 0 Å². The van der Waals surface area contributed by atoms with Crippen molar-refractivity contribution >= 4 is 29.0 Å². The summed E-state index contributed by atoms with van der Waals surface area (Å²) in [5, 5.41) is 5.92. The van der Waals surface area contributed by atoms with Gasteiger partial charge in [-0.1, -0.05) is 51.1 Å². The van der Waals surface area contributed by atoms with E-state index in [1.54, 1.807) is 0 Å². The van der Waals surface area contributed by atoms with Gasteiger partial charge in [-0.25, -0.2) is 4.79 Å². The van der Waals surface area contributed by atoms with Crippen LogP contribution < -0.4 is 15.5 Å². The molecule has 34 heavy (non-hydrogen) atoms. The number of benzene rings is 3. The molecule has 2 N–H and O–H groups in total. The molecule has 0 aliphatic carbocycles. The number of carbonyl (C=O) groups excluding carboxylic acids is 2. The van der Waals surface area contributed by atoms with Gasteiger partial charge in [0, 0.05) is 48.8 Å². The van der Waals surface area contributed by atoms with Crippen LogP contribution in [-0.4, -0.2) is 43.0 Å². The van der Waals surface area contributed by atoms with Gasteiger partial charge in [0.2, 0.25) is 0 Å². The Hall–Kier alpha value is -3.80. The summed E-state index contributed by atoms with van der Waals surface area (Å²) in [6, 6.07) is 25.1. The quantitative estimate of drug-likeness (QED) is 0.538. The highest BCUT2D eigenvalue weighted by Crippen LogP contribution is 2.23. The van der Waals surface area contributed by atoms with Crippen LogP contribution in [0.15, 0.2) is 78.9 Å². The van der Waals surface area contributed by atoms with Crippen LogP contribution in [0.25, 0.3) is 0 Å². The predicted molar refractivity (Wildman–Crippen MR) is 139 cm³/mol. The van der Waals surface area contributed by atoms with Gasteiger partial charge in [-0.2, -0.15) is 0 Å². The van der Waals surface area contributed by atoms with E-state index in [9.17, 15) is 9.59 Å². The summed E-state index contributed by atoms with van der Waals surface area (Å²) in [7, 11) is 0. The molecule has 0 unspecified atom stereocenters. The minimum atomic E-state index is -0.119. The molecule has 1 aliphatic rings. The van der Waals surface area contributed by atoms with Crippen molar-refractivity contribution in [2.45, 2.75) is 26.2 Å². The Kier molecular flexibility index (Phi) is 6.87. The molecule has 0 bridgehead atoms. The second-order valence-electron chi connectivity index (χ2n) is 9.60. The maximum Gasteiger partial charge on any atom is 0.321 e. The highest BCUT2D eigenvalue weighted by atomic mass is 16.2. The molecule has 0 spiro atoms. The first-order valence-electron chi connectivity index (χ1n) is 11.7. The zero-order valence-electron chi connectivity index (χ0n) is 20.0. The van der Waals surface area contributed by atoms with Crippen LogP contribution in [0.5, 0.6) is 0 Å². The molecule has 3 aromatic rings. The third-order valence-electron chi connectivity index (χ3n) is 6.10. The molecule has 3 amide bonds. The molecule has 4 rings (SSSR count). The Labute approximate surface area is 201 Å². The molecule has 6 nitrogen and oxygen atoms in total. The number of carbonyl (C=O) groups is 2. The third-order valence-corrected chi connectivity index (χ3v) is 6.10. The van der Waals surface area contributed by atoms with E-state index < -0.39 is 0 Å². The standard InChI is InChI=1S/C28H32N4O2/c1-28(2,3)22-11-9-21(10-12-22)26(33)29-24-13-15-25(16-14-24)31-17-19-32(20-18-31)27(34)30-23-7-5-4-6-8-23/h4-16H,17-20H2,1-3H3,(H,29,33)(H,30,34). The van der Waals surface area contributed by atoms with Gasteiger partial charge in [-0.05, 0) is 59.5 Å². The average Bonchev–Trinajstić information content (AvgIpc) is 2.85. The number of para-hydroxylation sites is 1. The fourth-order valence-electron chi connectivity index (χ4n) is 3.97. The van der Waals surface area contributed by atoms with E-state index in [0.717, 1.165) is 30.2 Å². The van der Waals surface area contributed by atoms with Crippen LogP contribution in [0.3, 0.4) is 0 Å². The number of nitrogens with zero attached hydrogens (tertiary/aromatic N) is 2. The molecule has 1 aliphatic heterocycles. The highest BCUT2D eigenvalue weighted by molar-refractivity contribution is 6.04. The van der Waals surface area contributed by atoms with E-state index in [1.165, 1.54) is 5.56 Å². The zero-order valence-corrected chi connectivity index (χ0v) is 20.0. The smallest absolute Gasteiger partial charge is 0.321 e. The van der Waals surface area contributed by atoms with Crippen LogP contribution in [0.1, 0.15) is 36.7 Å². The summed E-state index contributed by atoms with van der Waals surface area (Å²) in [6.45, 7) is 9.29. The van der Waals surface area contributed by atoms with E-state index in [1.807, 2.05) is 83.8 Å². The Bertz CT molecular complexity index is 1110. The SMILES string of the molecule is CC(C)(C)c1ccc(C(=O)Nc2ccc(N3CCN(C(=O)Nc4ccccc4)CC3)cc2)cc1. The molecule has 6 heteroatoms. The van der Waals surface area contributed by atoms with E-state index in [0.29, 0.717) is 18.7 Å². The number of rotatable bonds is 4. The summed E-state index contributed by atoms with van der Waals surface area (Å²) < 4.78 is 0. The fourth-order valence-corrected chi connectivity index (χ4v) is 3.97. The van der Waals surface area contributed by atoms with Crippen molar-refractivity contribution in [1.82, 2.24) is 4.90 Å². The lowest BCUT2D eigenvalue weighted by atomic mass is 9.87. The van der Waals surface area contributed by atoms with Crippen LogP contribution in [0, 0.1) is 0 Å². The second kappa shape index (κ2) is 10.00. The minimum absolute atomic E-state index is 0.0576. The lowest BCUT2D eigenvalue weighted by Gasteiger charge is -2.36. The van der Waals surface area contributed by atoms with Gasteiger partial charge in [-0.3, -0.25) is 4.79 Å². The van der Waals surface area contributed by atoms with E-state index in [-0.39, 0.29) is 17.4 Å². The molecule has 0 atom stereocenters. The molecule has 0 saturated carbocycles. The molecule has 1 fully saturated rings. The van der Waals surface area contributed by atoms with Gasteiger partial charge < -0.3 is 20.4 Å². The Morgan fingerprint density at radius 1 is 0.706 bits per heavy atom. The molecule has 0 radical (unpaired) electrons. The number of nitrogens with one attached hydrogen (secondary N) is 2. The molecule has 3 aromatic carbocycles. The number of hydrogen-bond donors (Lipinski definition) is 2. The van der Waals surface area contributed by atoms with Gasteiger partial charge in [0.05, 0.1) is 0 Å². The minimum Gasteiger partial charge on any atom is -0.368 e. The van der Waals surface area contributed by atoms with Crippen molar-refractivity contribution in [3.63, 3.8) is 0 Å². The second-order valence-corrected chi connectivity index (χ2v) is 9.60. The summed E-state index contributed by atoms with van der Waals surface area (Å²) in [5.74, 6) is -0.119. The third kappa shape index (κ3) is 5.76. The molecule has 0 aromatic heterocycles. The monoisotopic (exact) mass is 456 g/mol. The Morgan fingerprint density at radius 3 is 1.88 bits per heavy atom. The average molecular weight is 457 g/mol. The first-order chi connectivity index (χ1) is 16.3. The van der Waals surface area contributed by atoms with Crippen molar-refractivity contribution in [2.24, 2.45) is 0 Å². The van der Waals surface area contributed by atoms with E-state index in [2.05, 4.69) is 36.3 Å². The maximum atomic E-state index is 12.6. The lowest BCUT2D eigenvalue weighted by Crippen LogP contribution is -2.50. The van der Waals surface area contributed by atoms with Crippen molar-refractivity contribution in [1.29, 1.82) is 0 Å². The highest BCUT2D eigenvalue weighted by Gasteiger charge is 2.21. The summed E-state index contributed by atoms with van der Waals surface area (Å²) in [4.78, 5) is 29.2. The maximum absolute atomic E-state index is 12.6. The Morgan fingerprint density at radius 2 is 1.29 bits per heavy atom. The number of urea groups is 1. The number of piperazine rings is 1. The lowest BCUT2D eigenvalue weighted by molar-refractivity contribution is 0.102. The molecular formula is C28H32N4O2. The van der Waals surface area contributed by atoms with Gasteiger partial charge in [0.25, 0.3) is 5.91 Å². The Balaban J connectivity index is 1.29. The summed E-state index contributed by atoms with van der Waals surface area (Å²) in [6.07, 6.45) is 0. The number of hydrogen-bond acceptors (Lipinski definition) is 3. The predicted octanol–water partition coefficient (Wildman–Crippen LogP) is 5.59. The van der Waals surface area contributed by atoms with Crippen LogP contribution >= 0.6 is 0 Å². The van der Waals surface area contributed by atoms with Crippen LogP contribution in [0.4, 0.5) is 21.9 Å². The largest absolute Gasteiger partial charge is 0.368 e. The molecule has 1 heterocycles. The first-order valence-corrected chi connectivity index (χ1v) is 11.7. The van der Waals surface area contributed by atoms with Gasteiger partial charge >= 0.3 is 6.03 Å². The summed E-state index contributed by atoms with van der Waals surface area (Å²) in [5.41, 5.74) is 4.54. The molecule has 1 saturated heterocycles. The topological polar surface area (TPSA) is 64.7 Å².